The third-order valence-corrected chi connectivity index (χ3v) is 4.03. The molecule has 0 amide bonds. The summed E-state index contributed by atoms with van der Waals surface area (Å²) in [5.41, 5.74) is 2.32. The zero-order valence-electron chi connectivity index (χ0n) is 10.8. The minimum absolute atomic E-state index is 0.0666. The summed E-state index contributed by atoms with van der Waals surface area (Å²) < 4.78 is 0. The minimum atomic E-state index is -0.0666. The summed E-state index contributed by atoms with van der Waals surface area (Å²) in [5, 5.41) is 13.3. The number of nitrogen functional groups attached to an aromatic ring is 1. The maximum atomic E-state index is 9.65. The molecule has 6 nitrogen and oxygen atoms in total. The molecule has 0 saturated heterocycles. The standard InChI is InChI=1S/C12H20ClN5O/c13-9-6-15-11(18-14)17-10(9)16-7-12(8-19)4-2-1-3-5-12/h6,19H,1-5,7-8,14H2,(H2,15,16,17,18). The lowest BCUT2D eigenvalue weighted by Crippen LogP contribution is -2.35. The van der Waals surface area contributed by atoms with E-state index in [9.17, 15) is 5.11 Å². The molecule has 7 heteroatoms. The van der Waals surface area contributed by atoms with Crippen LogP contribution in [0.15, 0.2) is 6.20 Å². The summed E-state index contributed by atoms with van der Waals surface area (Å²) in [6.07, 6.45) is 7.13. The van der Waals surface area contributed by atoms with Gasteiger partial charge in [0.1, 0.15) is 5.02 Å². The van der Waals surface area contributed by atoms with E-state index < -0.39 is 0 Å². The summed E-state index contributed by atoms with van der Waals surface area (Å²) in [7, 11) is 0. The Bertz CT molecular complexity index is 423. The van der Waals surface area contributed by atoms with Crippen molar-refractivity contribution in [1.82, 2.24) is 9.97 Å². The number of aliphatic hydroxyl groups excluding tert-OH is 1. The molecule has 0 atom stereocenters. The van der Waals surface area contributed by atoms with Crippen LogP contribution in [-0.2, 0) is 0 Å². The van der Waals surface area contributed by atoms with Crippen LogP contribution in [0.5, 0.6) is 0 Å². The lowest BCUT2D eigenvalue weighted by molar-refractivity contribution is 0.0943. The number of hydrazine groups is 1. The predicted octanol–water partition coefficient (Wildman–Crippen LogP) is 1.77. The predicted molar refractivity (Wildman–Crippen MR) is 75.9 cm³/mol. The van der Waals surface area contributed by atoms with Crippen molar-refractivity contribution in [1.29, 1.82) is 0 Å². The van der Waals surface area contributed by atoms with E-state index in [1.54, 1.807) is 0 Å². The van der Waals surface area contributed by atoms with E-state index >= 15 is 0 Å². The van der Waals surface area contributed by atoms with E-state index in [1.807, 2.05) is 0 Å². The van der Waals surface area contributed by atoms with Crippen LogP contribution < -0.4 is 16.6 Å². The molecule has 1 fully saturated rings. The van der Waals surface area contributed by atoms with Gasteiger partial charge in [0.15, 0.2) is 5.82 Å². The number of aliphatic hydroxyl groups is 1. The van der Waals surface area contributed by atoms with Crippen LogP contribution in [0, 0.1) is 5.41 Å². The molecule has 2 rings (SSSR count). The molecular formula is C12H20ClN5O. The number of nitrogens with two attached hydrogens (primary N) is 1. The number of nitrogens with zero attached hydrogens (tertiary/aromatic N) is 2. The molecule has 1 heterocycles. The van der Waals surface area contributed by atoms with Gasteiger partial charge in [-0.25, -0.2) is 10.8 Å². The maximum Gasteiger partial charge on any atom is 0.239 e. The molecule has 1 saturated carbocycles. The summed E-state index contributed by atoms with van der Waals surface area (Å²) in [4.78, 5) is 8.09. The Hall–Kier alpha value is -1.11. The van der Waals surface area contributed by atoms with Crippen molar-refractivity contribution in [2.24, 2.45) is 11.3 Å². The molecular weight excluding hydrogens is 266 g/mol. The molecule has 5 N–H and O–H groups in total. The first-order valence-corrected chi connectivity index (χ1v) is 6.91. The van der Waals surface area contributed by atoms with Gasteiger partial charge in [-0.05, 0) is 12.8 Å². The van der Waals surface area contributed by atoms with Crippen LogP contribution in [0.4, 0.5) is 11.8 Å². The highest BCUT2D eigenvalue weighted by Gasteiger charge is 2.31. The highest BCUT2D eigenvalue weighted by Crippen LogP contribution is 2.36. The van der Waals surface area contributed by atoms with E-state index in [4.69, 9.17) is 17.4 Å². The largest absolute Gasteiger partial charge is 0.396 e. The Morgan fingerprint density at radius 3 is 2.74 bits per heavy atom. The molecule has 0 aromatic carbocycles. The lowest BCUT2D eigenvalue weighted by atomic mass is 9.74. The molecule has 0 unspecified atom stereocenters. The van der Waals surface area contributed by atoms with Gasteiger partial charge in [0.05, 0.1) is 12.8 Å². The number of nitrogens with one attached hydrogen (secondary N) is 2. The van der Waals surface area contributed by atoms with Gasteiger partial charge < -0.3 is 10.4 Å². The van der Waals surface area contributed by atoms with E-state index in [0.717, 1.165) is 25.7 Å². The fourth-order valence-electron chi connectivity index (χ4n) is 2.52. The van der Waals surface area contributed by atoms with Crippen LogP contribution in [0.1, 0.15) is 32.1 Å². The topological polar surface area (TPSA) is 96.1 Å². The van der Waals surface area contributed by atoms with E-state index in [0.29, 0.717) is 23.3 Å². The monoisotopic (exact) mass is 285 g/mol. The van der Waals surface area contributed by atoms with Crippen LogP contribution in [0.2, 0.25) is 5.02 Å². The van der Waals surface area contributed by atoms with Gasteiger partial charge in [0.2, 0.25) is 5.95 Å². The van der Waals surface area contributed by atoms with E-state index in [1.165, 1.54) is 12.6 Å². The normalized spacial score (nSPS) is 18.1. The van der Waals surface area contributed by atoms with Gasteiger partial charge in [0.25, 0.3) is 0 Å². The second-order valence-corrected chi connectivity index (χ2v) is 5.51. The van der Waals surface area contributed by atoms with Gasteiger partial charge in [-0.2, -0.15) is 4.98 Å². The smallest absolute Gasteiger partial charge is 0.239 e. The summed E-state index contributed by atoms with van der Waals surface area (Å²) in [5.74, 6) is 6.13. The molecule has 1 aromatic heterocycles. The van der Waals surface area contributed by atoms with Crippen molar-refractivity contribution in [2.75, 3.05) is 23.9 Å². The van der Waals surface area contributed by atoms with Gasteiger partial charge in [0, 0.05) is 12.0 Å². The molecule has 0 radical (unpaired) electrons. The molecule has 1 aliphatic rings. The number of hydrogen-bond acceptors (Lipinski definition) is 6. The van der Waals surface area contributed by atoms with Crippen molar-refractivity contribution in [2.45, 2.75) is 32.1 Å². The van der Waals surface area contributed by atoms with Crippen molar-refractivity contribution >= 4 is 23.4 Å². The Balaban J connectivity index is 2.04. The number of aromatic nitrogens is 2. The van der Waals surface area contributed by atoms with Crippen molar-refractivity contribution in [3.8, 4) is 0 Å². The fourth-order valence-corrected chi connectivity index (χ4v) is 2.68. The first kappa shape index (κ1) is 14.3. The lowest BCUT2D eigenvalue weighted by Gasteiger charge is -2.35. The van der Waals surface area contributed by atoms with Gasteiger partial charge in [-0.3, -0.25) is 5.43 Å². The quantitative estimate of drug-likeness (QED) is 0.486. The molecule has 0 aliphatic heterocycles. The van der Waals surface area contributed by atoms with Gasteiger partial charge in [-0.1, -0.05) is 30.9 Å². The van der Waals surface area contributed by atoms with E-state index in [-0.39, 0.29) is 12.0 Å². The first-order valence-electron chi connectivity index (χ1n) is 6.53. The minimum Gasteiger partial charge on any atom is -0.396 e. The molecule has 106 valence electrons. The fraction of sp³-hybridized carbons (Fsp3) is 0.667. The Morgan fingerprint density at radius 1 is 1.37 bits per heavy atom. The molecule has 1 aromatic rings. The van der Waals surface area contributed by atoms with Crippen molar-refractivity contribution < 1.29 is 5.11 Å². The zero-order valence-corrected chi connectivity index (χ0v) is 11.6. The third-order valence-electron chi connectivity index (χ3n) is 3.75. The third kappa shape index (κ3) is 3.46. The highest BCUT2D eigenvalue weighted by molar-refractivity contribution is 6.32. The van der Waals surface area contributed by atoms with Gasteiger partial charge >= 0.3 is 0 Å². The number of anilines is 2. The van der Waals surface area contributed by atoms with Crippen molar-refractivity contribution in [3.05, 3.63) is 11.2 Å². The highest BCUT2D eigenvalue weighted by atomic mass is 35.5. The van der Waals surface area contributed by atoms with Crippen LogP contribution >= 0.6 is 11.6 Å². The average Bonchev–Trinajstić information content (AvgIpc) is 2.47. The number of rotatable bonds is 5. The second-order valence-electron chi connectivity index (χ2n) is 5.11. The van der Waals surface area contributed by atoms with Crippen LogP contribution in [0.25, 0.3) is 0 Å². The molecule has 19 heavy (non-hydrogen) atoms. The SMILES string of the molecule is NNc1ncc(Cl)c(NCC2(CO)CCCCC2)n1. The van der Waals surface area contributed by atoms with Crippen molar-refractivity contribution in [3.63, 3.8) is 0 Å². The average molecular weight is 286 g/mol. The van der Waals surface area contributed by atoms with Crippen LogP contribution in [-0.4, -0.2) is 28.2 Å². The summed E-state index contributed by atoms with van der Waals surface area (Å²) >= 11 is 6.04. The Kier molecular flexibility index (Phi) is 4.79. The van der Waals surface area contributed by atoms with Gasteiger partial charge in [-0.15, -0.1) is 0 Å². The molecule has 1 aliphatic carbocycles. The number of hydrogen-bond donors (Lipinski definition) is 4. The number of halogens is 1. The first-order chi connectivity index (χ1) is 9.19. The summed E-state index contributed by atoms with van der Waals surface area (Å²) in [6, 6.07) is 0. The Labute approximate surface area is 117 Å². The molecule has 0 bridgehead atoms. The summed E-state index contributed by atoms with van der Waals surface area (Å²) in [6.45, 7) is 0.842. The zero-order chi connectivity index (χ0) is 13.7. The second kappa shape index (κ2) is 6.36. The Morgan fingerprint density at radius 2 is 2.11 bits per heavy atom. The molecule has 0 spiro atoms. The van der Waals surface area contributed by atoms with Crippen LogP contribution in [0.3, 0.4) is 0 Å². The maximum absolute atomic E-state index is 9.65. The van der Waals surface area contributed by atoms with E-state index in [2.05, 4.69) is 20.7 Å².